The Bertz CT molecular complexity index is 482. The van der Waals surface area contributed by atoms with Gasteiger partial charge in [0.05, 0.1) is 12.5 Å². The van der Waals surface area contributed by atoms with Gasteiger partial charge in [-0.25, -0.2) is 4.79 Å². The molecule has 1 atom stereocenters. The molecule has 4 N–H and O–H groups in total. The van der Waals surface area contributed by atoms with Crippen LogP contribution in [0.1, 0.15) is 31.9 Å². The number of carbonyl (C=O) groups is 3. The molecule has 0 spiro atoms. The van der Waals surface area contributed by atoms with E-state index in [9.17, 15) is 14.4 Å². The van der Waals surface area contributed by atoms with Gasteiger partial charge in [-0.1, -0.05) is 12.1 Å². The van der Waals surface area contributed by atoms with Crippen molar-refractivity contribution in [1.29, 1.82) is 0 Å². The summed E-state index contributed by atoms with van der Waals surface area (Å²) in [7, 11) is 0. The lowest BCUT2D eigenvalue weighted by atomic mass is 10.1. The number of urea groups is 1. The van der Waals surface area contributed by atoms with E-state index in [-0.39, 0.29) is 24.2 Å². The number of nitrogens with two attached hydrogens (primary N) is 1. The van der Waals surface area contributed by atoms with Gasteiger partial charge in [-0.05, 0) is 31.5 Å². The highest BCUT2D eigenvalue weighted by Gasteiger charge is 2.11. The first-order valence-electron chi connectivity index (χ1n) is 5.83. The van der Waals surface area contributed by atoms with Crippen LogP contribution in [0.2, 0.25) is 0 Å². The number of amides is 3. The summed E-state index contributed by atoms with van der Waals surface area (Å²) in [5, 5.41) is 5.16. The topological polar surface area (TPSA) is 101 Å². The van der Waals surface area contributed by atoms with Crippen LogP contribution in [0.3, 0.4) is 0 Å². The molecule has 19 heavy (non-hydrogen) atoms. The SMILES string of the molecule is CC(=O)CC(=O)NC(C)c1ccc(NC(N)=O)cc1. The van der Waals surface area contributed by atoms with Crippen LogP contribution in [-0.4, -0.2) is 17.7 Å². The highest BCUT2D eigenvalue weighted by molar-refractivity contribution is 5.96. The number of ketones is 1. The first-order chi connectivity index (χ1) is 8.88. The Labute approximate surface area is 111 Å². The molecule has 0 aliphatic carbocycles. The van der Waals surface area contributed by atoms with Gasteiger partial charge in [-0.2, -0.15) is 0 Å². The lowest BCUT2D eigenvalue weighted by molar-refractivity contribution is -0.127. The lowest BCUT2D eigenvalue weighted by Crippen LogP contribution is -2.28. The second-order valence-corrected chi connectivity index (χ2v) is 4.28. The first-order valence-corrected chi connectivity index (χ1v) is 5.83. The highest BCUT2D eigenvalue weighted by Crippen LogP contribution is 2.16. The molecule has 0 radical (unpaired) electrons. The molecule has 1 rings (SSSR count). The molecule has 0 saturated heterocycles. The summed E-state index contributed by atoms with van der Waals surface area (Å²) in [4.78, 5) is 32.9. The third-order valence-electron chi connectivity index (χ3n) is 2.47. The molecule has 102 valence electrons. The molecular formula is C13H17N3O3. The van der Waals surface area contributed by atoms with E-state index in [1.165, 1.54) is 6.92 Å². The van der Waals surface area contributed by atoms with E-state index in [0.717, 1.165) is 5.56 Å². The Kier molecular flexibility index (Phi) is 5.05. The van der Waals surface area contributed by atoms with Crippen molar-refractivity contribution in [3.05, 3.63) is 29.8 Å². The van der Waals surface area contributed by atoms with Crippen LogP contribution in [0.15, 0.2) is 24.3 Å². The Morgan fingerprint density at radius 1 is 1.21 bits per heavy atom. The molecule has 0 fully saturated rings. The van der Waals surface area contributed by atoms with Crippen LogP contribution in [0.25, 0.3) is 0 Å². The molecule has 3 amide bonds. The van der Waals surface area contributed by atoms with Crippen molar-refractivity contribution in [2.45, 2.75) is 26.3 Å². The number of hydrogen-bond donors (Lipinski definition) is 3. The smallest absolute Gasteiger partial charge is 0.316 e. The summed E-state index contributed by atoms with van der Waals surface area (Å²) >= 11 is 0. The van der Waals surface area contributed by atoms with Crippen molar-refractivity contribution in [3.8, 4) is 0 Å². The maximum atomic E-state index is 11.4. The number of benzene rings is 1. The van der Waals surface area contributed by atoms with Crippen molar-refractivity contribution in [2.75, 3.05) is 5.32 Å². The Hall–Kier alpha value is -2.37. The predicted octanol–water partition coefficient (Wildman–Crippen LogP) is 1.33. The summed E-state index contributed by atoms with van der Waals surface area (Å²) in [6, 6.07) is 6.07. The van der Waals surface area contributed by atoms with Gasteiger partial charge in [0.2, 0.25) is 5.91 Å². The van der Waals surface area contributed by atoms with Crippen molar-refractivity contribution in [3.63, 3.8) is 0 Å². The molecule has 6 heteroatoms. The summed E-state index contributed by atoms with van der Waals surface area (Å²) in [5.74, 6) is -0.481. The number of Topliss-reactive ketones (excluding diaryl/α,β-unsaturated/α-hetero) is 1. The Morgan fingerprint density at radius 3 is 2.26 bits per heavy atom. The highest BCUT2D eigenvalue weighted by atomic mass is 16.2. The first kappa shape index (κ1) is 14.7. The maximum Gasteiger partial charge on any atom is 0.316 e. The second kappa shape index (κ2) is 6.53. The van der Waals surface area contributed by atoms with Crippen LogP contribution in [-0.2, 0) is 9.59 Å². The number of hydrogen-bond acceptors (Lipinski definition) is 3. The number of anilines is 1. The molecule has 0 aromatic heterocycles. The third-order valence-corrected chi connectivity index (χ3v) is 2.47. The summed E-state index contributed by atoms with van der Waals surface area (Å²) < 4.78 is 0. The molecule has 0 aliphatic heterocycles. The second-order valence-electron chi connectivity index (χ2n) is 4.28. The van der Waals surface area contributed by atoms with Crippen LogP contribution < -0.4 is 16.4 Å². The van der Waals surface area contributed by atoms with Gasteiger partial charge < -0.3 is 16.4 Å². The monoisotopic (exact) mass is 263 g/mol. The normalized spacial score (nSPS) is 11.5. The summed E-state index contributed by atoms with van der Waals surface area (Å²) in [5.41, 5.74) is 6.45. The minimum absolute atomic E-state index is 0.119. The van der Waals surface area contributed by atoms with Gasteiger partial charge in [0, 0.05) is 5.69 Å². The summed E-state index contributed by atoms with van der Waals surface area (Å²) in [6.07, 6.45) is -0.119. The fraction of sp³-hybridized carbons (Fsp3) is 0.308. The Balaban J connectivity index is 2.62. The molecule has 0 saturated carbocycles. The molecular weight excluding hydrogens is 246 g/mol. The van der Waals surface area contributed by atoms with Crippen molar-refractivity contribution in [1.82, 2.24) is 5.32 Å². The Morgan fingerprint density at radius 2 is 1.79 bits per heavy atom. The van der Waals surface area contributed by atoms with Crippen LogP contribution in [0.4, 0.5) is 10.5 Å². The van der Waals surface area contributed by atoms with Crippen molar-refractivity contribution in [2.24, 2.45) is 5.73 Å². The summed E-state index contributed by atoms with van der Waals surface area (Å²) in [6.45, 7) is 3.18. The molecule has 0 bridgehead atoms. The number of carbonyl (C=O) groups excluding carboxylic acids is 3. The zero-order valence-electron chi connectivity index (χ0n) is 10.9. The average Bonchev–Trinajstić information content (AvgIpc) is 2.27. The van der Waals surface area contributed by atoms with Gasteiger partial charge in [-0.3, -0.25) is 9.59 Å². The standard InChI is InChI=1S/C13H17N3O3/c1-8(17)7-12(18)15-9(2)10-3-5-11(6-4-10)16-13(14)19/h3-6,9H,7H2,1-2H3,(H,15,18)(H3,14,16,19). The largest absolute Gasteiger partial charge is 0.351 e. The van der Waals surface area contributed by atoms with E-state index in [1.807, 2.05) is 6.92 Å². The minimum Gasteiger partial charge on any atom is -0.351 e. The number of primary amides is 1. The number of nitrogens with one attached hydrogen (secondary N) is 2. The molecule has 0 heterocycles. The molecule has 0 aliphatic rings. The van der Waals surface area contributed by atoms with E-state index in [1.54, 1.807) is 24.3 Å². The zero-order valence-corrected chi connectivity index (χ0v) is 10.9. The van der Waals surface area contributed by atoms with E-state index in [4.69, 9.17) is 5.73 Å². The number of rotatable bonds is 5. The van der Waals surface area contributed by atoms with Crippen molar-refractivity contribution >= 4 is 23.4 Å². The van der Waals surface area contributed by atoms with E-state index >= 15 is 0 Å². The van der Waals surface area contributed by atoms with Crippen molar-refractivity contribution < 1.29 is 14.4 Å². The molecule has 1 aromatic rings. The van der Waals surface area contributed by atoms with Crippen LogP contribution >= 0.6 is 0 Å². The van der Waals surface area contributed by atoms with E-state index < -0.39 is 6.03 Å². The van der Waals surface area contributed by atoms with Gasteiger partial charge >= 0.3 is 6.03 Å². The van der Waals surface area contributed by atoms with Crippen LogP contribution in [0, 0.1) is 0 Å². The van der Waals surface area contributed by atoms with Gasteiger partial charge in [0.15, 0.2) is 0 Å². The van der Waals surface area contributed by atoms with Gasteiger partial charge in [-0.15, -0.1) is 0 Å². The fourth-order valence-electron chi connectivity index (χ4n) is 1.60. The predicted molar refractivity (Wildman–Crippen MR) is 71.5 cm³/mol. The van der Waals surface area contributed by atoms with E-state index in [2.05, 4.69) is 10.6 Å². The van der Waals surface area contributed by atoms with Crippen LogP contribution in [0.5, 0.6) is 0 Å². The lowest BCUT2D eigenvalue weighted by Gasteiger charge is -2.14. The molecule has 1 unspecified atom stereocenters. The van der Waals surface area contributed by atoms with Gasteiger partial charge in [0.25, 0.3) is 0 Å². The van der Waals surface area contributed by atoms with Gasteiger partial charge in [0.1, 0.15) is 5.78 Å². The molecule has 6 nitrogen and oxygen atoms in total. The minimum atomic E-state index is -0.629. The average molecular weight is 263 g/mol. The molecule has 1 aromatic carbocycles. The quantitative estimate of drug-likeness (QED) is 0.698. The zero-order chi connectivity index (χ0) is 14.4. The van der Waals surface area contributed by atoms with E-state index in [0.29, 0.717) is 5.69 Å². The maximum absolute atomic E-state index is 11.4. The third kappa shape index (κ3) is 5.20. The fourth-order valence-corrected chi connectivity index (χ4v) is 1.60.